The summed E-state index contributed by atoms with van der Waals surface area (Å²) in [5.74, 6) is 1.43. The second-order valence-corrected chi connectivity index (χ2v) is 8.95. The van der Waals surface area contributed by atoms with E-state index in [9.17, 15) is 4.79 Å². The Balaban J connectivity index is 1.72. The van der Waals surface area contributed by atoms with Crippen LogP contribution in [0.25, 0.3) is 0 Å². The smallest absolute Gasteiger partial charge is 0.251 e. The Morgan fingerprint density at radius 1 is 1.36 bits per heavy atom. The van der Waals surface area contributed by atoms with Crippen LogP contribution in [0, 0.1) is 0 Å². The van der Waals surface area contributed by atoms with Gasteiger partial charge >= 0.3 is 0 Å². The van der Waals surface area contributed by atoms with E-state index in [0.29, 0.717) is 39.8 Å². The van der Waals surface area contributed by atoms with Crippen LogP contribution >= 0.6 is 11.6 Å². The van der Waals surface area contributed by atoms with Crippen LogP contribution in [0.5, 0.6) is 5.75 Å². The summed E-state index contributed by atoms with van der Waals surface area (Å²) in [7, 11) is 3.65. The van der Waals surface area contributed by atoms with Crippen LogP contribution in [0.2, 0.25) is 5.02 Å². The number of nitrogens with one attached hydrogen (secondary N) is 3. The number of amides is 1. The Labute approximate surface area is 201 Å². The van der Waals surface area contributed by atoms with Crippen LogP contribution in [0.4, 0.5) is 17.5 Å². The van der Waals surface area contributed by atoms with Gasteiger partial charge in [-0.25, -0.2) is 4.98 Å². The lowest BCUT2D eigenvalue weighted by atomic mass is 10.1. The molecule has 3 N–H and O–H groups in total. The van der Waals surface area contributed by atoms with E-state index in [2.05, 4.69) is 51.7 Å². The van der Waals surface area contributed by atoms with Gasteiger partial charge in [-0.15, -0.1) is 0 Å². The number of aromatic nitrogens is 2. The van der Waals surface area contributed by atoms with Crippen molar-refractivity contribution < 1.29 is 9.53 Å². The zero-order valence-electron chi connectivity index (χ0n) is 19.9. The number of likely N-dealkylation sites (N-methyl/N-ethyl adjacent to an activating group) is 1. The SMILES string of the molecule is CCCC(CC)Nc1nc(Nc2ccc(C(=O)NC3CCCN(C)C3)cc2OC)ncc1Cl. The van der Waals surface area contributed by atoms with E-state index in [1.54, 1.807) is 31.5 Å². The minimum Gasteiger partial charge on any atom is -0.495 e. The highest BCUT2D eigenvalue weighted by Crippen LogP contribution is 2.29. The normalized spacial score (nSPS) is 17.3. The van der Waals surface area contributed by atoms with Gasteiger partial charge in [-0.1, -0.05) is 31.9 Å². The predicted molar refractivity (Wildman–Crippen MR) is 134 cm³/mol. The summed E-state index contributed by atoms with van der Waals surface area (Å²) >= 11 is 6.32. The van der Waals surface area contributed by atoms with Gasteiger partial charge in [-0.2, -0.15) is 4.98 Å². The maximum atomic E-state index is 12.8. The molecule has 1 aromatic heterocycles. The molecule has 8 nitrogen and oxygen atoms in total. The molecule has 180 valence electrons. The quantitative estimate of drug-likeness (QED) is 0.459. The Morgan fingerprint density at radius 3 is 2.88 bits per heavy atom. The number of piperidine rings is 1. The van der Waals surface area contributed by atoms with Crippen molar-refractivity contribution in [3.8, 4) is 5.75 Å². The molecule has 1 fully saturated rings. The molecule has 1 aromatic carbocycles. The molecule has 1 aliphatic rings. The molecule has 1 saturated heterocycles. The summed E-state index contributed by atoms with van der Waals surface area (Å²) in [5.41, 5.74) is 1.22. The van der Waals surface area contributed by atoms with Gasteiger partial charge < -0.3 is 25.6 Å². The lowest BCUT2D eigenvalue weighted by molar-refractivity contribution is 0.0912. The molecular weight excluding hydrogens is 440 g/mol. The Morgan fingerprint density at radius 2 is 2.18 bits per heavy atom. The first-order valence-corrected chi connectivity index (χ1v) is 12.0. The number of hydrogen-bond donors (Lipinski definition) is 3. The van der Waals surface area contributed by atoms with Gasteiger partial charge in [-0.05, 0) is 57.5 Å². The minimum absolute atomic E-state index is 0.101. The van der Waals surface area contributed by atoms with Crippen molar-refractivity contribution in [3.63, 3.8) is 0 Å². The lowest BCUT2D eigenvalue weighted by Gasteiger charge is -2.30. The highest BCUT2D eigenvalue weighted by Gasteiger charge is 2.20. The average Bonchev–Trinajstić information content (AvgIpc) is 2.81. The topological polar surface area (TPSA) is 91.4 Å². The Bertz CT molecular complexity index is 941. The second-order valence-electron chi connectivity index (χ2n) is 8.54. The van der Waals surface area contributed by atoms with Crippen LogP contribution in [-0.4, -0.2) is 60.1 Å². The third-order valence-corrected chi connectivity index (χ3v) is 6.16. The fourth-order valence-electron chi connectivity index (χ4n) is 4.06. The highest BCUT2D eigenvalue weighted by atomic mass is 35.5. The molecule has 0 aliphatic carbocycles. The number of halogens is 1. The molecule has 2 atom stereocenters. The van der Waals surface area contributed by atoms with Crippen LogP contribution in [0.1, 0.15) is 56.3 Å². The minimum atomic E-state index is -0.101. The number of ether oxygens (including phenoxy) is 1. The maximum Gasteiger partial charge on any atom is 0.251 e. The second kappa shape index (κ2) is 12.0. The largest absolute Gasteiger partial charge is 0.495 e. The van der Waals surface area contributed by atoms with Crippen LogP contribution in [-0.2, 0) is 0 Å². The fraction of sp³-hybridized carbons (Fsp3) is 0.542. The first kappa shape index (κ1) is 25.1. The molecular formula is C24H35ClN6O2. The number of carbonyl (C=O) groups excluding carboxylic acids is 1. The van der Waals surface area contributed by atoms with E-state index in [-0.39, 0.29) is 11.9 Å². The molecule has 33 heavy (non-hydrogen) atoms. The monoisotopic (exact) mass is 474 g/mol. The van der Waals surface area contributed by atoms with E-state index in [1.165, 1.54) is 0 Å². The zero-order valence-corrected chi connectivity index (χ0v) is 20.7. The number of rotatable bonds is 10. The molecule has 0 radical (unpaired) electrons. The summed E-state index contributed by atoms with van der Waals surface area (Å²) in [4.78, 5) is 23.9. The predicted octanol–water partition coefficient (Wildman–Crippen LogP) is 4.70. The van der Waals surface area contributed by atoms with Crippen LogP contribution < -0.4 is 20.7 Å². The summed E-state index contributed by atoms with van der Waals surface area (Å²) in [5, 5.41) is 10.2. The Hall–Kier alpha value is -2.58. The van der Waals surface area contributed by atoms with Gasteiger partial charge in [0.05, 0.1) is 19.0 Å². The van der Waals surface area contributed by atoms with Gasteiger partial charge in [-0.3, -0.25) is 4.79 Å². The molecule has 1 aliphatic heterocycles. The molecule has 0 bridgehead atoms. The standard InChI is InChI=1S/C24H35ClN6O2/c1-5-8-17(6-2)27-22-19(25)14-26-24(30-22)29-20-11-10-16(13-21(20)33-4)23(32)28-18-9-7-12-31(3)15-18/h10-11,13-14,17-18H,5-9,12,15H2,1-4H3,(H,28,32)(H2,26,27,29,30). The van der Waals surface area contributed by atoms with E-state index in [0.717, 1.165) is 45.2 Å². The molecule has 0 spiro atoms. The van der Waals surface area contributed by atoms with Crippen LogP contribution in [0.15, 0.2) is 24.4 Å². The van der Waals surface area contributed by atoms with Gasteiger partial charge in [0.25, 0.3) is 5.91 Å². The van der Waals surface area contributed by atoms with Gasteiger partial charge in [0, 0.05) is 24.2 Å². The van der Waals surface area contributed by atoms with Crippen LogP contribution in [0.3, 0.4) is 0 Å². The molecule has 2 unspecified atom stereocenters. The Kier molecular flexibility index (Phi) is 9.14. The van der Waals surface area contributed by atoms with Gasteiger partial charge in [0.2, 0.25) is 5.95 Å². The number of carbonyl (C=O) groups is 1. The molecule has 1 amide bonds. The summed E-state index contributed by atoms with van der Waals surface area (Å²) in [6.07, 6.45) is 6.75. The van der Waals surface area contributed by atoms with E-state index >= 15 is 0 Å². The van der Waals surface area contributed by atoms with Crippen molar-refractivity contribution in [1.82, 2.24) is 20.2 Å². The van der Waals surface area contributed by atoms with E-state index in [4.69, 9.17) is 16.3 Å². The average molecular weight is 475 g/mol. The number of methoxy groups -OCH3 is 1. The fourth-order valence-corrected chi connectivity index (χ4v) is 4.20. The van der Waals surface area contributed by atoms with Crippen molar-refractivity contribution in [2.45, 2.75) is 58.0 Å². The van der Waals surface area contributed by atoms with Crippen molar-refractivity contribution in [1.29, 1.82) is 0 Å². The molecule has 2 aromatic rings. The van der Waals surface area contributed by atoms with Crippen molar-refractivity contribution in [2.24, 2.45) is 0 Å². The lowest BCUT2D eigenvalue weighted by Crippen LogP contribution is -2.46. The molecule has 0 saturated carbocycles. The first-order chi connectivity index (χ1) is 15.9. The third kappa shape index (κ3) is 6.95. The van der Waals surface area contributed by atoms with Gasteiger partial charge in [0.1, 0.15) is 10.8 Å². The number of likely N-dealkylation sites (tertiary alicyclic amines) is 1. The van der Waals surface area contributed by atoms with E-state index < -0.39 is 0 Å². The highest BCUT2D eigenvalue weighted by molar-refractivity contribution is 6.32. The summed E-state index contributed by atoms with van der Waals surface area (Å²) < 4.78 is 5.54. The third-order valence-electron chi connectivity index (χ3n) is 5.88. The van der Waals surface area contributed by atoms with Crippen molar-refractivity contribution in [3.05, 3.63) is 35.0 Å². The number of benzene rings is 1. The maximum absolute atomic E-state index is 12.8. The summed E-state index contributed by atoms with van der Waals surface area (Å²) in [6, 6.07) is 5.77. The number of nitrogens with zero attached hydrogens (tertiary/aromatic N) is 3. The number of anilines is 3. The molecule has 3 rings (SSSR count). The molecule has 2 heterocycles. The number of hydrogen-bond acceptors (Lipinski definition) is 7. The zero-order chi connectivity index (χ0) is 23.8. The first-order valence-electron chi connectivity index (χ1n) is 11.7. The van der Waals surface area contributed by atoms with Crippen molar-refractivity contribution >= 4 is 35.0 Å². The molecule has 9 heteroatoms. The van der Waals surface area contributed by atoms with Crippen molar-refractivity contribution in [2.75, 3.05) is 37.9 Å². The van der Waals surface area contributed by atoms with Gasteiger partial charge in [0.15, 0.2) is 5.82 Å². The van der Waals surface area contributed by atoms with E-state index in [1.807, 2.05) is 0 Å². The summed E-state index contributed by atoms with van der Waals surface area (Å²) in [6.45, 7) is 6.23.